The summed E-state index contributed by atoms with van der Waals surface area (Å²) in [5.74, 6) is -0.842. The Kier molecular flexibility index (Phi) is 4.99. The molecule has 1 aromatic carbocycles. The van der Waals surface area contributed by atoms with Crippen LogP contribution in [-0.4, -0.2) is 27.1 Å². The van der Waals surface area contributed by atoms with E-state index in [1.54, 1.807) is 18.2 Å². The monoisotopic (exact) mass is 392 g/mol. The molecule has 0 unspecified atom stereocenters. The Hall–Kier alpha value is -2.09. The van der Waals surface area contributed by atoms with Crippen LogP contribution in [0.3, 0.4) is 0 Å². The molecule has 1 atom stereocenters. The van der Waals surface area contributed by atoms with Gasteiger partial charge in [-0.3, -0.25) is 9.69 Å². The molecule has 1 amide bonds. The zero-order chi connectivity index (χ0) is 18.1. The molecule has 128 valence electrons. The van der Waals surface area contributed by atoms with E-state index >= 15 is 0 Å². The second-order valence-corrected chi connectivity index (χ2v) is 7.31. The summed E-state index contributed by atoms with van der Waals surface area (Å²) in [5.41, 5.74) is 0.738. The summed E-state index contributed by atoms with van der Waals surface area (Å²) in [7, 11) is 0. The van der Waals surface area contributed by atoms with Crippen molar-refractivity contribution in [1.29, 1.82) is 0 Å². The van der Waals surface area contributed by atoms with Gasteiger partial charge in [0.2, 0.25) is 0 Å². The summed E-state index contributed by atoms with van der Waals surface area (Å²) < 4.78 is 5.89. The van der Waals surface area contributed by atoms with Crippen LogP contribution in [0.5, 0.6) is 0 Å². The molecule has 1 aliphatic rings. The molecule has 0 spiro atoms. The van der Waals surface area contributed by atoms with Crippen molar-refractivity contribution in [3.63, 3.8) is 0 Å². The molecule has 0 aliphatic carbocycles. The number of aliphatic carboxylic acids is 1. The number of carbonyl (C=O) groups excluding carboxylic acids is 2. The predicted octanol–water partition coefficient (Wildman–Crippen LogP) is 2.94. The Morgan fingerprint density at radius 2 is 2.08 bits per heavy atom. The first-order valence-corrected chi connectivity index (χ1v) is 8.81. The van der Waals surface area contributed by atoms with E-state index in [9.17, 15) is 14.7 Å². The van der Waals surface area contributed by atoms with E-state index in [2.05, 4.69) is 0 Å². The fraction of sp³-hybridized carbons (Fsp3) is 0.118. The average Bonchev–Trinajstić information content (AvgIpc) is 3.13. The molecule has 1 aromatic heterocycles. The zero-order valence-corrected chi connectivity index (χ0v) is 15.3. The van der Waals surface area contributed by atoms with Crippen molar-refractivity contribution in [2.24, 2.45) is 0 Å². The highest BCUT2D eigenvalue weighted by Gasteiger charge is 2.36. The molecule has 8 heteroatoms. The normalized spacial score (nSPS) is 17.4. The number of furan rings is 1. The van der Waals surface area contributed by atoms with E-state index in [-0.39, 0.29) is 9.23 Å². The number of thiocarbonyl (C=S) groups is 1. The van der Waals surface area contributed by atoms with E-state index in [0.29, 0.717) is 16.5 Å². The van der Waals surface area contributed by atoms with Gasteiger partial charge in [-0.1, -0.05) is 47.7 Å². The maximum atomic E-state index is 12.4. The van der Waals surface area contributed by atoms with Gasteiger partial charge in [-0.25, -0.2) is 0 Å². The van der Waals surface area contributed by atoms with Crippen LogP contribution in [0.1, 0.15) is 12.7 Å². The van der Waals surface area contributed by atoms with Gasteiger partial charge in [-0.05, 0) is 31.2 Å². The summed E-state index contributed by atoms with van der Waals surface area (Å²) in [5, 5.41) is 11.6. The largest absolute Gasteiger partial charge is 0.548 e. The van der Waals surface area contributed by atoms with Gasteiger partial charge in [-0.2, -0.15) is 0 Å². The van der Waals surface area contributed by atoms with Crippen molar-refractivity contribution < 1.29 is 19.1 Å². The van der Waals surface area contributed by atoms with Crippen LogP contribution in [0, 0.1) is 0 Å². The molecular formula is C17H11ClNO4S2-. The summed E-state index contributed by atoms with van der Waals surface area (Å²) in [6.45, 7) is 1.35. The Bertz CT molecular complexity index is 906. The second-order valence-electron chi connectivity index (χ2n) is 5.23. The number of carboxylic acid groups (broad SMARTS) is 1. The molecule has 2 heterocycles. The first-order chi connectivity index (χ1) is 11.9. The van der Waals surface area contributed by atoms with Crippen LogP contribution >= 0.6 is 35.6 Å². The molecule has 1 fully saturated rings. The maximum Gasteiger partial charge on any atom is 0.266 e. The quantitative estimate of drug-likeness (QED) is 0.588. The molecular weight excluding hydrogens is 382 g/mol. The standard InChI is InChI=1S/C17H12ClNO4S2/c1-9(16(21)22)19-15(20)14(25-17(19)24)8-10-6-7-13(23-10)11-4-2-3-5-12(11)18/h2-9H,1H3,(H,21,22)/p-1/b14-8-/t9-/m0/s1. The fourth-order valence-corrected chi connectivity index (χ4v) is 3.91. The number of carbonyl (C=O) groups is 2. The predicted molar refractivity (Wildman–Crippen MR) is 98.6 cm³/mol. The Morgan fingerprint density at radius 3 is 2.76 bits per heavy atom. The maximum absolute atomic E-state index is 12.4. The van der Waals surface area contributed by atoms with Crippen molar-refractivity contribution in [3.8, 4) is 11.3 Å². The summed E-state index contributed by atoms with van der Waals surface area (Å²) >= 11 is 12.3. The van der Waals surface area contributed by atoms with Crippen LogP contribution < -0.4 is 5.11 Å². The summed E-state index contributed by atoms with van der Waals surface area (Å²) in [6, 6.07) is 9.56. The third kappa shape index (κ3) is 3.49. The number of nitrogens with zero attached hydrogens (tertiary/aromatic N) is 1. The molecule has 1 saturated heterocycles. The highest BCUT2D eigenvalue weighted by atomic mass is 35.5. The van der Waals surface area contributed by atoms with Crippen molar-refractivity contribution in [1.82, 2.24) is 4.90 Å². The first kappa shape index (κ1) is 17.7. The third-order valence-electron chi connectivity index (χ3n) is 3.59. The minimum Gasteiger partial charge on any atom is -0.548 e. The van der Waals surface area contributed by atoms with E-state index in [4.69, 9.17) is 28.2 Å². The van der Waals surface area contributed by atoms with Crippen LogP contribution in [0.2, 0.25) is 5.02 Å². The van der Waals surface area contributed by atoms with Gasteiger partial charge in [0, 0.05) is 11.6 Å². The molecule has 0 radical (unpaired) electrons. The highest BCUT2D eigenvalue weighted by molar-refractivity contribution is 8.26. The van der Waals surface area contributed by atoms with E-state index in [1.165, 1.54) is 13.0 Å². The molecule has 5 nitrogen and oxygen atoms in total. The van der Waals surface area contributed by atoms with Gasteiger partial charge in [0.15, 0.2) is 0 Å². The average molecular weight is 393 g/mol. The van der Waals surface area contributed by atoms with Gasteiger partial charge in [0.05, 0.1) is 21.9 Å². The minimum absolute atomic E-state index is 0.172. The van der Waals surface area contributed by atoms with Crippen LogP contribution in [0.15, 0.2) is 45.7 Å². The van der Waals surface area contributed by atoms with Crippen molar-refractivity contribution in [2.75, 3.05) is 0 Å². The second kappa shape index (κ2) is 7.03. The van der Waals surface area contributed by atoms with Crippen molar-refractivity contribution >= 4 is 57.9 Å². The number of thioether (sulfide) groups is 1. The molecule has 2 aromatic rings. The first-order valence-electron chi connectivity index (χ1n) is 7.21. The van der Waals surface area contributed by atoms with E-state index in [0.717, 1.165) is 22.2 Å². The highest BCUT2D eigenvalue weighted by Crippen LogP contribution is 2.35. The van der Waals surface area contributed by atoms with Crippen molar-refractivity contribution in [2.45, 2.75) is 13.0 Å². The molecule has 3 rings (SSSR count). The molecule has 0 saturated carbocycles. The topological polar surface area (TPSA) is 73.6 Å². The Balaban J connectivity index is 1.88. The van der Waals surface area contributed by atoms with Crippen molar-refractivity contribution in [3.05, 3.63) is 52.1 Å². The third-order valence-corrected chi connectivity index (χ3v) is 5.25. The number of benzene rings is 1. The van der Waals surface area contributed by atoms with Crippen LogP contribution in [-0.2, 0) is 9.59 Å². The number of amides is 1. The van der Waals surface area contributed by atoms with E-state index in [1.807, 2.05) is 18.2 Å². The summed E-state index contributed by atoms with van der Waals surface area (Å²) in [6.07, 6.45) is 1.53. The number of carboxylic acids is 1. The van der Waals surface area contributed by atoms with Gasteiger partial charge in [-0.15, -0.1) is 0 Å². The lowest BCUT2D eigenvalue weighted by Crippen LogP contribution is -2.48. The zero-order valence-electron chi connectivity index (χ0n) is 12.9. The SMILES string of the molecule is C[C@@H](C(=O)[O-])N1C(=O)/C(=C/c2ccc(-c3ccccc3Cl)o2)SC1=S. The number of hydrogen-bond acceptors (Lipinski definition) is 6. The molecule has 25 heavy (non-hydrogen) atoms. The smallest absolute Gasteiger partial charge is 0.266 e. The molecule has 1 aliphatic heterocycles. The van der Waals surface area contributed by atoms with Gasteiger partial charge < -0.3 is 14.3 Å². The van der Waals surface area contributed by atoms with Crippen LogP contribution in [0.25, 0.3) is 17.4 Å². The number of rotatable bonds is 4. The Morgan fingerprint density at radius 1 is 1.36 bits per heavy atom. The number of halogens is 1. The van der Waals surface area contributed by atoms with Crippen LogP contribution in [0.4, 0.5) is 0 Å². The minimum atomic E-state index is -1.36. The summed E-state index contributed by atoms with van der Waals surface area (Å²) in [4.78, 5) is 24.7. The molecule has 0 bridgehead atoms. The molecule has 0 N–H and O–H groups in total. The Labute approximate surface area is 158 Å². The van der Waals surface area contributed by atoms with Gasteiger partial charge >= 0.3 is 0 Å². The lowest BCUT2D eigenvalue weighted by atomic mass is 10.2. The lowest BCUT2D eigenvalue weighted by molar-refractivity contribution is -0.309. The van der Waals surface area contributed by atoms with Gasteiger partial charge in [0.1, 0.15) is 15.8 Å². The van der Waals surface area contributed by atoms with Gasteiger partial charge in [0.25, 0.3) is 5.91 Å². The number of hydrogen-bond donors (Lipinski definition) is 0. The fourth-order valence-electron chi connectivity index (χ4n) is 2.28. The lowest BCUT2D eigenvalue weighted by Gasteiger charge is -2.23. The van der Waals surface area contributed by atoms with E-state index < -0.39 is 17.9 Å².